The molecule has 0 atom stereocenters. The minimum absolute atomic E-state index is 0. The third kappa shape index (κ3) is 17.2. The first kappa shape index (κ1) is 37.3. The zero-order valence-electron chi connectivity index (χ0n) is 21.7. The van der Waals surface area contributed by atoms with Crippen LogP contribution in [0.25, 0.3) is 0 Å². The van der Waals surface area contributed by atoms with Crippen LogP contribution in [0.1, 0.15) is 83.1 Å². The summed E-state index contributed by atoms with van der Waals surface area (Å²) >= 11 is 0. The van der Waals surface area contributed by atoms with Gasteiger partial charge in [0.05, 0.1) is 0 Å². The molecule has 180 valence electrons. The first-order valence-electron chi connectivity index (χ1n) is 11.0. The molecule has 0 radical (unpaired) electrons. The van der Waals surface area contributed by atoms with Gasteiger partial charge in [-0.15, -0.1) is 0 Å². The Morgan fingerprint density at radius 2 is 0.484 bits per heavy atom. The number of hydrogen-bond donors (Lipinski definition) is 0. The van der Waals surface area contributed by atoms with Crippen LogP contribution in [-0.2, 0) is 14.4 Å². The maximum atomic E-state index is 10.5. The standard InChI is InChI=1S/3C8H16O2.Al/c3*1-5(2)7(6(3)4)8(9)10;/h3*5-7H,1-4H3,(H,9,10);/q;;;+3/p-3. The number of rotatable bonds is 9. The number of aliphatic carboxylic acids is 3. The first-order chi connectivity index (χ1) is 13.4. The fourth-order valence-electron chi connectivity index (χ4n) is 3.94. The third-order valence-corrected chi connectivity index (χ3v) is 5.13. The van der Waals surface area contributed by atoms with E-state index in [-0.39, 0.29) is 70.6 Å². The Labute approximate surface area is 201 Å². The van der Waals surface area contributed by atoms with Crippen molar-refractivity contribution < 1.29 is 29.7 Å². The van der Waals surface area contributed by atoms with Crippen LogP contribution in [0.4, 0.5) is 0 Å². The van der Waals surface area contributed by atoms with Crippen molar-refractivity contribution in [3.63, 3.8) is 0 Å². The molecule has 0 N–H and O–H groups in total. The van der Waals surface area contributed by atoms with E-state index in [0.717, 1.165) is 0 Å². The number of hydrogen-bond acceptors (Lipinski definition) is 6. The Morgan fingerprint density at radius 1 is 0.387 bits per heavy atom. The van der Waals surface area contributed by atoms with E-state index in [1.165, 1.54) is 0 Å². The van der Waals surface area contributed by atoms with Gasteiger partial charge >= 0.3 is 17.4 Å². The van der Waals surface area contributed by atoms with Crippen LogP contribution in [0.2, 0.25) is 0 Å². The van der Waals surface area contributed by atoms with Crippen molar-refractivity contribution in [3.05, 3.63) is 0 Å². The van der Waals surface area contributed by atoms with Gasteiger partial charge < -0.3 is 29.7 Å². The SMILES string of the molecule is CC(C)C(C(=O)[O-])C(C)C.CC(C)C(C(=O)[O-])C(C)C.CC(C)C(C(=O)[O-])C(C)C.[Al+3]. The van der Waals surface area contributed by atoms with Gasteiger partial charge in [-0.1, -0.05) is 83.1 Å². The molecule has 0 aliphatic rings. The van der Waals surface area contributed by atoms with Gasteiger partial charge in [-0.05, 0) is 35.5 Å². The van der Waals surface area contributed by atoms with E-state index in [0.29, 0.717) is 0 Å². The van der Waals surface area contributed by atoms with Crippen LogP contribution in [-0.4, -0.2) is 35.3 Å². The monoisotopic (exact) mass is 456 g/mol. The summed E-state index contributed by atoms with van der Waals surface area (Å²) in [5.41, 5.74) is 0. The maximum Gasteiger partial charge on any atom is 3.00 e. The van der Waals surface area contributed by atoms with Crippen LogP contribution in [0.15, 0.2) is 0 Å². The van der Waals surface area contributed by atoms with Crippen molar-refractivity contribution in [3.8, 4) is 0 Å². The summed E-state index contributed by atoms with van der Waals surface area (Å²) in [6.07, 6.45) is 0. The maximum absolute atomic E-state index is 10.5. The summed E-state index contributed by atoms with van der Waals surface area (Å²) < 4.78 is 0. The van der Waals surface area contributed by atoms with E-state index in [1.54, 1.807) is 0 Å². The van der Waals surface area contributed by atoms with Crippen molar-refractivity contribution in [1.82, 2.24) is 0 Å². The summed E-state index contributed by atoms with van der Waals surface area (Å²) in [6, 6.07) is 0. The smallest absolute Gasteiger partial charge is 0.550 e. The minimum atomic E-state index is -0.926. The van der Waals surface area contributed by atoms with Gasteiger partial charge in [-0.2, -0.15) is 0 Å². The van der Waals surface area contributed by atoms with Crippen LogP contribution in [0.3, 0.4) is 0 Å². The van der Waals surface area contributed by atoms with Gasteiger partial charge in [0.1, 0.15) is 0 Å². The van der Waals surface area contributed by atoms with Crippen molar-refractivity contribution >= 4 is 35.3 Å². The molecule has 0 unspecified atom stereocenters. The summed E-state index contributed by atoms with van der Waals surface area (Å²) in [6.45, 7) is 22.8. The Morgan fingerprint density at radius 3 is 0.484 bits per heavy atom. The van der Waals surface area contributed by atoms with E-state index in [2.05, 4.69) is 0 Å². The minimum Gasteiger partial charge on any atom is -0.550 e. The fraction of sp³-hybridized carbons (Fsp3) is 0.875. The quantitative estimate of drug-likeness (QED) is 0.486. The molecule has 0 aromatic carbocycles. The molecular weight excluding hydrogens is 411 g/mol. The van der Waals surface area contributed by atoms with Crippen LogP contribution in [0, 0.1) is 53.3 Å². The van der Waals surface area contributed by atoms with Gasteiger partial charge in [0.2, 0.25) is 0 Å². The van der Waals surface area contributed by atoms with Gasteiger partial charge in [-0.25, -0.2) is 0 Å². The molecule has 0 aromatic heterocycles. The third-order valence-electron chi connectivity index (χ3n) is 5.13. The summed E-state index contributed by atoms with van der Waals surface area (Å²) in [7, 11) is 0. The molecule has 0 aliphatic heterocycles. The zero-order valence-corrected chi connectivity index (χ0v) is 22.9. The van der Waals surface area contributed by atoms with E-state index < -0.39 is 17.9 Å². The van der Waals surface area contributed by atoms with E-state index in [4.69, 9.17) is 0 Å². The molecule has 0 heterocycles. The van der Waals surface area contributed by atoms with Crippen molar-refractivity contribution in [1.29, 1.82) is 0 Å². The summed E-state index contributed by atoms with van der Waals surface area (Å²) in [4.78, 5) is 31.4. The second-order valence-corrected chi connectivity index (χ2v) is 10.00. The molecule has 0 saturated carbocycles. The Bertz CT molecular complexity index is 403. The van der Waals surface area contributed by atoms with E-state index >= 15 is 0 Å². The molecular formula is C24H45AlO6. The van der Waals surface area contributed by atoms with Crippen LogP contribution in [0.5, 0.6) is 0 Å². The number of carboxylic acid groups (broad SMARTS) is 3. The largest absolute Gasteiger partial charge is 3.00 e. The number of carbonyl (C=O) groups excluding carboxylic acids is 3. The van der Waals surface area contributed by atoms with Crippen molar-refractivity contribution in [2.75, 3.05) is 0 Å². The molecule has 0 saturated heterocycles. The predicted molar refractivity (Wildman–Crippen MR) is 120 cm³/mol. The van der Waals surface area contributed by atoms with E-state index in [1.807, 2.05) is 83.1 Å². The molecule has 0 bridgehead atoms. The average Bonchev–Trinajstić information content (AvgIpc) is 2.43. The molecule has 6 nitrogen and oxygen atoms in total. The second kappa shape index (κ2) is 18.5. The van der Waals surface area contributed by atoms with Crippen molar-refractivity contribution in [2.45, 2.75) is 83.1 Å². The van der Waals surface area contributed by atoms with Gasteiger partial charge in [-0.3, -0.25) is 0 Å². The second-order valence-electron chi connectivity index (χ2n) is 10.00. The molecule has 7 heteroatoms. The van der Waals surface area contributed by atoms with Crippen LogP contribution < -0.4 is 15.3 Å². The van der Waals surface area contributed by atoms with Crippen molar-refractivity contribution in [2.24, 2.45) is 53.3 Å². The molecule has 0 amide bonds. The summed E-state index contributed by atoms with van der Waals surface area (Å²) in [5.74, 6) is -2.67. The zero-order chi connectivity index (χ0) is 24.9. The van der Waals surface area contributed by atoms with E-state index in [9.17, 15) is 29.7 Å². The first-order valence-corrected chi connectivity index (χ1v) is 11.0. The normalized spacial score (nSPS) is 11.1. The van der Waals surface area contributed by atoms with Gasteiger partial charge in [0.15, 0.2) is 0 Å². The molecule has 31 heavy (non-hydrogen) atoms. The number of carboxylic acids is 3. The molecule has 0 fully saturated rings. The Balaban J connectivity index is -0.000000174. The molecule has 0 rings (SSSR count). The predicted octanol–water partition coefficient (Wildman–Crippen LogP) is 1.61. The van der Waals surface area contributed by atoms with Gasteiger partial charge in [0.25, 0.3) is 0 Å². The average molecular weight is 457 g/mol. The van der Waals surface area contributed by atoms with Crippen LogP contribution >= 0.6 is 0 Å². The molecule has 0 aliphatic carbocycles. The number of carbonyl (C=O) groups is 3. The molecule has 0 spiro atoms. The summed E-state index contributed by atoms with van der Waals surface area (Å²) in [5, 5.41) is 31.4. The Hall–Kier alpha value is -1.06. The topological polar surface area (TPSA) is 120 Å². The van der Waals surface area contributed by atoms with Gasteiger partial charge in [0, 0.05) is 35.7 Å². The molecule has 0 aromatic rings. The fourth-order valence-corrected chi connectivity index (χ4v) is 3.94. The Kier molecular flexibility index (Phi) is 22.3.